The summed E-state index contributed by atoms with van der Waals surface area (Å²) in [7, 11) is 0. The molecule has 3 rings (SSSR count). The van der Waals surface area contributed by atoms with Crippen LogP contribution in [-0.2, 0) is 4.74 Å². The van der Waals surface area contributed by atoms with E-state index in [1.54, 1.807) is 0 Å². The summed E-state index contributed by atoms with van der Waals surface area (Å²) in [5, 5.41) is 0. The second kappa shape index (κ2) is 4.04. The van der Waals surface area contributed by atoms with Gasteiger partial charge in [-0.3, -0.25) is 4.40 Å². The quantitative estimate of drug-likeness (QED) is 0.818. The number of nitrogen functional groups attached to an aromatic ring is 1. The van der Waals surface area contributed by atoms with Gasteiger partial charge in [0.1, 0.15) is 11.5 Å². The first kappa shape index (κ1) is 10.6. The molecule has 3 heterocycles. The highest BCUT2D eigenvalue weighted by atomic mass is 16.5. The highest BCUT2D eigenvalue weighted by molar-refractivity contribution is 5.54. The molecule has 0 saturated carbocycles. The van der Waals surface area contributed by atoms with Crippen LogP contribution < -0.4 is 5.73 Å². The molecule has 0 aromatic carbocycles. The molecule has 4 nitrogen and oxygen atoms in total. The molecule has 1 aliphatic rings. The van der Waals surface area contributed by atoms with Crippen molar-refractivity contribution in [2.75, 3.05) is 18.9 Å². The van der Waals surface area contributed by atoms with Crippen molar-refractivity contribution in [3.05, 3.63) is 29.6 Å². The first-order valence-corrected chi connectivity index (χ1v) is 6.07. The zero-order chi connectivity index (χ0) is 11.8. The molecule has 1 aliphatic heterocycles. The Morgan fingerprint density at radius 1 is 1.41 bits per heavy atom. The zero-order valence-electron chi connectivity index (χ0n) is 10.0. The number of hydrogen-bond donors (Lipinski definition) is 1. The van der Waals surface area contributed by atoms with Crippen LogP contribution in [-0.4, -0.2) is 22.6 Å². The second-order valence-electron chi connectivity index (χ2n) is 4.70. The van der Waals surface area contributed by atoms with Crippen molar-refractivity contribution in [1.82, 2.24) is 9.38 Å². The minimum atomic E-state index is 0.448. The topological polar surface area (TPSA) is 52.5 Å². The number of fused-ring (bicyclic) bond motifs is 1. The van der Waals surface area contributed by atoms with Crippen LogP contribution in [0.15, 0.2) is 18.3 Å². The van der Waals surface area contributed by atoms with Gasteiger partial charge in [-0.25, -0.2) is 4.98 Å². The lowest BCUT2D eigenvalue weighted by Crippen LogP contribution is -2.15. The van der Waals surface area contributed by atoms with E-state index >= 15 is 0 Å². The number of ether oxygens (including phenoxy) is 1. The van der Waals surface area contributed by atoms with Crippen molar-refractivity contribution in [3.63, 3.8) is 0 Å². The molecule has 0 unspecified atom stereocenters. The van der Waals surface area contributed by atoms with Crippen LogP contribution in [0, 0.1) is 6.92 Å². The van der Waals surface area contributed by atoms with E-state index in [0.29, 0.717) is 5.92 Å². The fourth-order valence-corrected chi connectivity index (χ4v) is 2.46. The van der Waals surface area contributed by atoms with Crippen LogP contribution in [0.2, 0.25) is 0 Å². The first-order valence-electron chi connectivity index (χ1n) is 6.07. The molecule has 2 aromatic heterocycles. The van der Waals surface area contributed by atoms with Gasteiger partial charge in [0.15, 0.2) is 0 Å². The number of hydrogen-bond acceptors (Lipinski definition) is 3. The van der Waals surface area contributed by atoms with Gasteiger partial charge in [-0.05, 0) is 37.5 Å². The summed E-state index contributed by atoms with van der Waals surface area (Å²) in [5.41, 5.74) is 9.38. The molecule has 2 aromatic rings. The monoisotopic (exact) mass is 231 g/mol. The normalized spacial score (nSPS) is 17.7. The lowest BCUT2D eigenvalue weighted by molar-refractivity contribution is 0.0847. The number of aryl methyl sites for hydroxylation is 1. The van der Waals surface area contributed by atoms with Crippen LogP contribution in [0.4, 0.5) is 5.82 Å². The van der Waals surface area contributed by atoms with E-state index in [2.05, 4.69) is 24.0 Å². The van der Waals surface area contributed by atoms with E-state index in [4.69, 9.17) is 10.5 Å². The number of pyridine rings is 1. The van der Waals surface area contributed by atoms with E-state index in [9.17, 15) is 0 Å². The van der Waals surface area contributed by atoms with Crippen LogP contribution in [0.25, 0.3) is 5.65 Å². The Morgan fingerprint density at radius 2 is 2.18 bits per heavy atom. The van der Waals surface area contributed by atoms with Gasteiger partial charge in [-0.2, -0.15) is 0 Å². The third kappa shape index (κ3) is 1.78. The molecule has 1 saturated heterocycles. The van der Waals surface area contributed by atoms with Gasteiger partial charge in [0.2, 0.25) is 0 Å². The maximum Gasteiger partial charge on any atom is 0.138 e. The molecule has 1 fully saturated rings. The number of nitrogens with zero attached hydrogens (tertiary/aromatic N) is 2. The van der Waals surface area contributed by atoms with E-state index < -0.39 is 0 Å². The summed E-state index contributed by atoms with van der Waals surface area (Å²) in [6.45, 7) is 3.70. The van der Waals surface area contributed by atoms with Crippen LogP contribution in [0.1, 0.15) is 30.0 Å². The minimum Gasteiger partial charge on any atom is -0.383 e. The highest BCUT2D eigenvalue weighted by Gasteiger charge is 2.22. The van der Waals surface area contributed by atoms with E-state index in [1.165, 1.54) is 5.56 Å². The summed E-state index contributed by atoms with van der Waals surface area (Å²) < 4.78 is 7.35. The van der Waals surface area contributed by atoms with Crippen molar-refractivity contribution in [1.29, 1.82) is 0 Å². The third-order valence-electron chi connectivity index (χ3n) is 3.46. The lowest BCUT2D eigenvalue weighted by atomic mass is 9.96. The van der Waals surface area contributed by atoms with Crippen LogP contribution in [0.3, 0.4) is 0 Å². The Kier molecular flexibility index (Phi) is 2.52. The Bertz CT molecular complexity index is 541. The summed E-state index contributed by atoms with van der Waals surface area (Å²) in [6.07, 6.45) is 4.04. The van der Waals surface area contributed by atoms with E-state index in [-0.39, 0.29) is 0 Å². The smallest absolute Gasteiger partial charge is 0.138 e. The maximum absolute atomic E-state index is 6.18. The van der Waals surface area contributed by atoms with Crippen molar-refractivity contribution >= 4 is 11.5 Å². The molecular weight excluding hydrogens is 214 g/mol. The molecule has 0 radical (unpaired) electrons. The van der Waals surface area contributed by atoms with Crippen LogP contribution in [0.5, 0.6) is 0 Å². The number of nitrogens with two attached hydrogens (primary N) is 1. The molecule has 90 valence electrons. The summed E-state index contributed by atoms with van der Waals surface area (Å²) in [5.74, 6) is 1.23. The Labute approximate surface area is 100 Å². The highest BCUT2D eigenvalue weighted by Crippen LogP contribution is 2.30. The molecule has 0 atom stereocenters. The van der Waals surface area contributed by atoms with Gasteiger partial charge in [-0.1, -0.05) is 0 Å². The number of rotatable bonds is 1. The first-order chi connectivity index (χ1) is 8.25. The maximum atomic E-state index is 6.18. The molecule has 0 bridgehead atoms. The van der Waals surface area contributed by atoms with Gasteiger partial charge in [0, 0.05) is 25.3 Å². The van der Waals surface area contributed by atoms with Crippen molar-refractivity contribution in [3.8, 4) is 0 Å². The number of imidazole rings is 1. The largest absolute Gasteiger partial charge is 0.383 e. The van der Waals surface area contributed by atoms with E-state index in [1.807, 2.05) is 10.6 Å². The van der Waals surface area contributed by atoms with Crippen molar-refractivity contribution < 1.29 is 4.74 Å². The minimum absolute atomic E-state index is 0.448. The molecule has 4 heteroatoms. The third-order valence-corrected chi connectivity index (χ3v) is 3.46. The zero-order valence-corrected chi connectivity index (χ0v) is 10.0. The van der Waals surface area contributed by atoms with Crippen LogP contribution >= 0.6 is 0 Å². The number of anilines is 1. The average Bonchev–Trinajstić information content (AvgIpc) is 2.67. The Morgan fingerprint density at radius 3 is 2.94 bits per heavy atom. The summed E-state index contributed by atoms with van der Waals surface area (Å²) in [6, 6.07) is 4.12. The molecule has 0 aliphatic carbocycles. The van der Waals surface area contributed by atoms with Gasteiger partial charge in [0.05, 0.1) is 5.69 Å². The van der Waals surface area contributed by atoms with E-state index in [0.717, 1.165) is 43.2 Å². The van der Waals surface area contributed by atoms with Crippen molar-refractivity contribution in [2.45, 2.75) is 25.7 Å². The lowest BCUT2D eigenvalue weighted by Gasteiger charge is -2.20. The second-order valence-corrected chi connectivity index (χ2v) is 4.70. The fourth-order valence-electron chi connectivity index (χ4n) is 2.46. The molecular formula is C13H17N3O. The molecule has 0 spiro atoms. The molecule has 0 amide bonds. The average molecular weight is 231 g/mol. The SMILES string of the molecule is Cc1ccn2c(N)c(C3CCOCC3)nc2c1. The predicted octanol–water partition coefficient (Wildman–Crippen LogP) is 2.12. The van der Waals surface area contributed by atoms with Gasteiger partial charge < -0.3 is 10.5 Å². The van der Waals surface area contributed by atoms with Crippen molar-refractivity contribution in [2.24, 2.45) is 0 Å². The van der Waals surface area contributed by atoms with Gasteiger partial charge >= 0.3 is 0 Å². The van der Waals surface area contributed by atoms with Gasteiger partial charge in [0.25, 0.3) is 0 Å². The standard InChI is InChI=1S/C13H17N3O/c1-9-2-5-16-11(8-9)15-12(13(16)14)10-3-6-17-7-4-10/h2,5,8,10H,3-4,6-7,14H2,1H3. The van der Waals surface area contributed by atoms with Gasteiger partial charge in [-0.15, -0.1) is 0 Å². The summed E-state index contributed by atoms with van der Waals surface area (Å²) >= 11 is 0. The predicted molar refractivity (Wildman–Crippen MR) is 67.1 cm³/mol. The summed E-state index contributed by atoms with van der Waals surface area (Å²) in [4.78, 5) is 4.68. The fraction of sp³-hybridized carbons (Fsp3) is 0.462. The Balaban J connectivity index is 2.07. The molecule has 2 N–H and O–H groups in total. The Hall–Kier alpha value is -1.55. The molecule has 17 heavy (non-hydrogen) atoms. The number of aromatic nitrogens is 2.